The molecule has 2 aromatic carbocycles. The number of ether oxygens (including phenoxy) is 3. The van der Waals surface area contributed by atoms with Crippen LogP contribution in [0, 0.1) is 0 Å². The van der Waals surface area contributed by atoms with E-state index >= 15 is 0 Å². The smallest absolute Gasteiger partial charge is 0.325 e. The van der Waals surface area contributed by atoms with Gasteiger partial charge in [0.2, 0.25) is 0 Å². The lowest BCUT2D eigenvalue weighted by Gasteiger charge is -2.10. The molecule has 2 rings (SSSR count). The Labute approximate surface area is 173 Å². The second kappa shape index (κ2) is 11.2. The molecule has 2 aromatic rings. The quantitative estimate of drug-likeness (QED) is 0.594. The minimum absolute atomic E-state index is 0.167. The maximum atomic E-state index is 12.2. The molecule has 0 unspecified atom stereocenters. The van der Waals surface area contributed by atoms with Crippen LogP contribution in [0.4, 0.5) is 0 Å². The second-order valence-corrected chi connectivity index (χ2v) is 5.85. The number of amides is 3. The Hall–Kier alpha value is -3.88. The van der Waals surface area contributed by atoms with Gasteiger partial charge in [-0.2, -0.15) is 0 Å². The molecule has 0 bridgehead atoms. The monoisotopic (exact) mass is 414 g/mol. The van der Waals surface area contributed by atoms with Crippen LogP contribution in [0.25, 0.3) is 0 Å². The van der Waals surface area contributed by atoms with E-state index in [9.17, 15) is 19.2 Å². The Morgan fingerprint density at radius 2 is 1.47 bits per heavy atom. The summed E-state index contributed by atoms with van der Waals surface area (Å²) in [5.74, 6) is -2.17. The van der Waals surface area contributed by atoms with Gasteiger partial charge in [-0.05, 0) is 31.2 Å². The summed E-state index contributed by atoms with van der Waals surface area (Å²) in [7, 11) is 1.40. The minimum Gasteiger partial charge on any atom is -0.496 e. The zero-order valence-electron chi connectivity index (χ0n) is 16.6. The van der Waals surface area contributed by atoms with Crippen molar-refractivity contribution in [2.75, 3.05) is 26.9 Å². The van der Waals surface area contributed by atoms with Gasteiger partial charge in [0.25, 0.3) is 17.7 Å². The fourth-order valence-electron chi connectivity index (χ4n) is 2.44. The molecule has 0 aliphatic carbocycles. The molecule has 0 saturated carbocycles. The van der Waals surface area contributed by atoms with Crippen LogP contribution in [0.15, 0.2) is 48.5 Å². The number of hydrogen-bond acceptors (Lipinski definition) is 7. The van der Waals surface area contributed by atoms with E-state index in [1.165, 1.54) is 13.2 Å². The average molecular weight is 414 g/mol. The second-order valence-electron chi connectivity index (χ2n) is 5.85. The van der Waals surface area contributed by atoms with Gasteiger partial charge in [0.15, 0.2) is 6.61 Å². The first-order valence-corrected chi connectivity index (χ1v) is 9.09. The molecule has 0 heterocycles. The number of para-hydroxylation sites is 2. The molecular weight excluding hydrogens is 392 g/mol. The van der Waals surface area contributed by atoms with Crippen molar-refractivity contribution >= 4 is 23.7 Å². The largest absolute Gasteiger partial charge is 0.496 e. The third-order valence-corrected chi connectivity index (χ3v) is 3.79. The number of benzene rings is 2. The van der Waals surface area contributed by atoms with Gasteiger partial charge in [0.1, 0.15) is 18.0 Å². The Morgan fingerprint density at radius 3 is 2.10 bits per heavy atom. The predicted molar refractivity (Wildman–Crippen MR) is 106 cm³/mol. The summed E-state index contributed by atoms with van der Waals surface area (Å²) < 4.78 is 15.2. The summed E-state index contributed by atoms with van der Waals surface area (Å²) in [6, 6.07) is 13.0. The number of methoxy groups -OCH3 is 1. The van der Waals surface area contributed by atoms with Crippen molar-refractivity contribution in [1.29, 1.82) is 0 Å². The molecule has 30 heavy (non-hydrogen) atoms. The molecule has 0 aliphatic rings. The Bertz CT molecular complexity index is 927. The summed E-state index contributed by atoms with van der Waals surface area (Å²) in [6.45, 7) is 1.04. The lowest BCUT2D eigenvalue weighted by molar-refractivity contribution is -0.147. The molecule has 0 saturated heterocycles. The SMILES string of the molecule is CCOc1ccccc1C(=O)NCC(=O)OCC(=O)NC(=O)c1ccccc1OC. The van der Waals surface area contributed by atoms with E-state index in [1.54, 1.807) is 49.4 Å². The number of carbonyl (C=O) groups is 4. The first kappa shape index (κ1) is 22.4. The van der Waals surface area contributed by atoms with Crippen LogP contribution in [0.5, 0.6) is 11.5 Å². The minimum atomic E-state index is -0.836. The molecule has 158 valence electrons. The molecule has 0 spiro atoms. The molecule has 9 nitrogen and oxygen atoms in total. The van der Waals surface area contributed by atoms with Crippen molar-refractivity contribution in [2.45, 2.75) is 6.92 Å². The zero-order chi connectivity index (χ0) is 21.9. The first-order chi connectivity index (χ1) is 14.5. The van der Waals surface area contributed by atoms with Crippen molar-refractivity contribution in [1.82, 2.24) is 10.6 Å². The van der Waals surface area contributed by atoms with Gasteiger partial charge in [-0.25, -0.2) is 0 Å². The highest BCUT2D eigenvalue weighted by molar-refractivity contribution is 6.06. The van der Waals surface area contributed by atoms with Crippen molar-refractivity contribution < 1.29 is 33.4 Å². The van der Waals surface area contributed by atoms with E-state index in [1.807, 2.05) is 0 Å². The fourth-order valence-corrected chi connectivity index (χ4v) is 2.44. The maximum Gasteiger partial charge on any atom is 0.325 e. The molecular formula is C21H22N2O7. The van der Waals surface area contributed by atoms with Gasteiger partial charge < -0.3 is 19.5 Å². The Morgan fingerprint density at radius 1 is 0.867 bits per heavy atom. The third-order valence-electron chi connectivity index (χ3n) is 3.79. The summed E-state index contributed by atoms with van der Waals surface area (Å²) in [5, 5.41) is 4.49. The van der Waals surface area contributed by atoms with Gasteiger partial charge in [-0.15, -0.1) is 0 Å². The van der Waals surface area contributed by atoms with Gasteiger partial charge in [0.05, 0.1) is 24.8 Å². The van der Waals surface area contributed by atoms with Gasteiger partial charge in [0, 0.05) is 0 Å². The van der Waals surface area contributed by atoms with Gasteiger partial charge in [-0.1, -0.05) is 24.3 Å². The van der Waals surface area contributed by atoms with Crippen molar-refractivity contribution in [3.05, 3.63) is 59.7 Å². The van der Waals surface area contributed by atoms with Crippen LogP contribution >= 0.6 is 0 Å². The normalized spacial score (nSPS) is 9.93. The van der Waals surface area contributed by atoms with Crippen LogP contribution < -0.4 is 20.1 Å². The third kappa shape index (κ3) is 6.33. The van der Waals surface area contributed by atoms with Crippen LogP contribution in [-0.2, 0) is 14.3 Å². The van der Waals surface area contributed by atoms with Crippen molar-refractivity contribution in [3.63, 3.8) is 0 Å². The predicted octanol–water partition coefficient (Wildman–Crippen LogP) is 1.32. The van der Waals surface area contributed by atoms with Gasteiger partial charge >= 0.3 is 5.97 Å². The topological polar surface area (TPSA) is 120 Å². The summed E-state index contributed by atoms with van der Waals surface area (Å²) in [4.78, 5) is 48.0. The van der Waals surface area contributed by atoms with Crippen LogP contribution in [0.2, 0.25) is 0 Å². The number of imide groups is 1. The van der Waals surface area contributed by atoms with E-state index < -0.39 is 36.8 Å². The van der Waals surface area contributed by atoms with Gasteiger partial charge in [-0.3, -0.25) is 24.5 Å². The highest BCUT2D eigenvalue weighted by Crippen LogP contribution is 2.18. The van der Waals surface area contributed by atoms with Crippen LogP contribution in [0.3, 0.4) is 0 Å². The number of esters is 1. The molecule has 9 heteroatoms. The molecule has 0 radical (unpaired) electrons. The van der Waals surface area contributed by atoms with Crippen molar-refractivity contribution in [3.8, 4) is 11.5 Å². The first-order valence-electron chi connectivity index (χ1n) is 9.09. The van der Waals surface area contributed by atoms with E-state index in [-0.39, 0.29) is 11.1 Å². The van der Waals surface area contributed by atoms with E-state index in [2.05, 4.69) is 10.6 Å². The average Bonchev–Trinajstić information content (AvgIpc) is 2.76. The molecule has 0 fully saturated rings. The fraction of sp³-hybridized carbons (Fsp3) is 0.238. The molecule has 2 N–H and O–H groups in total. The molecule has 0 aromatic heterocycles. The van der Waals surface area contributed by atoms with Crippen molar-refractivity contribution in [2.24, 2.45) is 0 Å². The summed E-state index contributed by atoms with van der Waals surface area (Å²) in [5.41, 5.74) is 0.437. The maximum absolute atomic E-state index is 12.2. The summed E-state index contributed by atoms with van der Waals surface area (Å²) >= 11 is 0. The number of hydrogen-bond donors (Lipinski definition) is 2. The standard InChI is InChI=1S/C21H22N2O7/c1-3-29-17-11-7-5-9-15(17)20(26)22-12-19(25)30-13-18(24)23-21(27)14-8-4-6-10-16(14)28-2/h4-11H,3,12-13H2,1-2H3,(H,22,26)(H,23,24,27). The molecule has 3 amide bonds. The van der Waals surface area contributed by atoms with E-state index in [0.717, 1.165) is 0 Å². The molecule has 0 atom stereocenters. The van der Waals surface area contributed by atoms with Crippen LogP contribution in [-0.4, -0.2) is 50.6 Å². The highest BCUT2D eigenvalue weighted by Gasteiger charge is 2.17. The molecule has 0 aliphatic heterocycles. The Balaban J connectivity index is 1.80. The van der Waals surface area contributed by atoms with E-state index in [4.69, 9.17) is 14.2 Å². The number of rotatable bonds is 9. The number of nitrogens with one attached hydrogen (secondary N) is 2. The van der Waals surface area contributed by atoms with E-state index in [0.29, 0.717) is 18.1 Å². The number of carbonyl (C=O) groups excluding carboxylic acids is 4. The Kier molecular flexibility index (Phi) is 8.37. The summed E-state index contributed by atoms with van der Waals surface area (Å²) in [6.07, 6.45) is 0. The lowest BCUT2D eigenvalue weighted by Crippen LogP contribution is -2.36. The highest BCUT2D eigenvalue weighted by atomic mass is 16.5. The van der Waals surface area contributed by atoms with Crippen LogP contribution in [0.1, 0.15) is 27.6 Å². The lowest BCUT2D eigenvalue weighted by atomic mass is 10.2. The zero-order valence-corrected chi connectivity index (χ0v) is 16.6.